The minimum absolute atomic E-state index is 0.581. The Kier molecular flexibility index (Phi) is 11.9. The van der Waals surface area contributed by atoms with Crippen LogP contribution in [0.4, 0.5) is 0 Å². The van der Waals surface area contributed by atoms with E-state index in [1.165, 1.54) is 32.7 Å². The highest BCUT2D eigenvalue weighted by molar-refractivity contribution is 5.79. The van der Waals surface area contributed by atoms with Crippen LogP contribution in [-0.4, -0.2) is 87.9 Å². The lowest BCUT2D eigenvalue weighted by Crippen LogP contribution is -2.47. The van der Waals surface area contributed by atoms with Crippen LogP contribution in [0.2, 0.25) is 0 Å². The third-order valence-corrected chi connectivity index (χ3v) is 4.35. The number of aliphatic imine (C=N–C) groups is 1. The van der Waals surface area contributed by atoms with Gasteiger partial charge in [-0.15, -0.1) is 0 Å². The van der Waals surface area contributed by atoms with Gasteiger partial charge in [0.05, 0.1) is 0 Å². The molecule has 0 saturated carbocycles. The predicted octanol–water partition coefficient (Wildman–Crippen LogP) is 1.24. The molecule has 0 amide bonds. The van der Waals surface area contributed by atoms with Crippen LogP contribution >= 0.6 is 0 Å². The van der Waals surface area contributed by atoms with Crippen molar-refractivity contribution in [2.24, 2.45) is 10.9 Å². The third-order valence-electron chi connectivity index (χ3n) is 4.35. The van der Waals surface area contributed by atoms with Crippen molar-refractivity contribution < 1.29 is 4.74 Å². The molecular formula is C18H39N5O. The Hall–Kier alpha value is -0.850. The molecule has 1 heterocycles. The van der Waals surface area contributed by atoms with Gasteiger partial charge in [-0.1, -0.05) is 13.8 Å². The van der Waals surface area contributed by atoms with Gasteiger partial charge in [0.2, 0.25) is 0 Å². The zero-order valence-electron chi connectivity index (χ0n) is 16.3. The Morgan fingerprint density at radius 2 is 1.79 bits per heavy atom. The summed E-state index contributed by atoms with van der Waals surface area (Å²) in [4.78, 5) is 9.85. The zero-order valence-corrected chi connectivity index (χ0v) is 16.3. The number of piperazine rings is 1. The summed E-state index contributed by atoms with van der Waals surface area (Å²) in [6.45, 7) is 20.1. The maximum absolute atomic E-state index is 5.36. The maximum Gasteiger partial charge on any atom is 0.191 e. The average molecular weight is 342 g/mol. The van der Waals surface area contributed by atoms with Crippen LogP contribution in [0.15, 0.2) is 4.99 Å². The third kappa shape index (κ3) is 9.45. The lowest BCUT2D eigenvalue weighted by atomic mass is 10.1. The summed E-state index contributed by atoms with van der Waals surface area (Å²) in [5.74, 6) is 1.51. The van der Waals surface area contributed by atoms with E-state index < -0.39 is 0 Å². The van der Waals surface area contributed by atoms with E-state index in [1.54, 1.807) is 0 Å². The van der Waals surface area contributed by atoms with Crippen LogP contribution in [0.3, 0.4) is 0 Å². The first-order chi connectivity index (χ1) is 11.7. The number of nitrogens with zero attached hydrogens (tertiary/aromatic N) is 3. The van der Waals surface area contributed by atoms with Gasteiger partial charge in [0, 0.05) is 65.6 Å². The Balaban J connectivity index is 2.25. The fraction of sp³-hybridized carbons (Fsp3) is 0.944. The summed E-state index contributed by atoms with van der Waals surface area (Å²) in [5, 5.41) is 6.71. The molecule has 0 radical (unpaired) electrons. The molecule has 1 rings (SSSR count). The Bertz CT molecular complexity index is 329. The van der Waals surface area contributed by atoms with Gasteiger partial charge in [0.25, 0.3) is 0 Å². The van der Waals surface area contributed by atoms with Gasteiger partial charge in [-0.3, -0.25) is 4.99 Å². The molecule has 24 heavy (non-hydrogen) atoms. The summed E-state index contributed by atoms with van der Waals surface area (Å²) in [6, 6.07) is 0. The molecule has 2 N–H and O–H groups in total. The fourth-order valence-electron chi connectivity index (χ4n) is 2.90. The van der Waals surface area contributed by atoms with Crippen LogP contribution in [0.25, 0.3) is 0 Å². The fourth-order valence-corrected chi connectivity index (χ4v) is 2.90. The van der Waals surface area contributed by atoms with Crippen molar-refractivity contribution in [1.82, 2.24) is 20.4 Å². The second kappa shape index (κ2) is 13.4. The SMILES string of the molecule is CCNC(=NCC(C)CN1CCN(CC)CC1)NCCCOCC. The second-order valence-corrected chi connectivity index (χ2v) is 6.54. The summed E-state index contributed by atoms with van der Waals surface area (Å²) < 4.78 is 5.36. The normalized spacial score (nSPS) is 18.6. The zero-order chi connectivity index (χ0) is 17.6. The molecule has 142 valence electrons. The first-order valence-electron chi connectivity index (χ1n) is 9.74. The van der Waals surface area contributed by atoms with Crippen molar-refractivity contribution in [2.75, 3.05) is 72.1 Å². The molecular weight excluding hydrogens is 302 g/mol. The van der Waals surface area contributed by atoms with Gasteiger partial charge < -0.3 is 25.2 Å². The van der Waals surface area contributed by atoms with Crippen molar-refractivity contribution in [3.8, 4) is 0 Å². The van der Waals surface area contributed by atoms with Gasteiger partial charge in [-0.25, -0.2) is 0 Å². The predicted molar refractivity (Wildman–Crippen MR) is 103 cm³/mol. The molecule has 1 fully saturated rings. The molecule has 0 aliphatic carbocycles. The van der Waals surface area contributed by atoms with E-state index in [9.17, 15) is 0 Å². The van der Waals surface area contributed by atoms with E-state index in [-0.39, 0.29) is 0 Å². The topological polar surface area (TPSA) is 52.1 Å². The molecule has 1 saturated heterocycles. The summed E-state index contributed by atoms with van der Waals surface area (Å²) in [7, 11) is 0. The van der Waals surface area contributed by atoms with Crippen LogP contribution in [0.1, 0.15) is 34.1 Å². The van der Waals surface area contributed by atoms with Crippen LogP contribution in [0.5, 0.6) is 0 Å². The summed E-state index contributed by atoms with van der Waals surface area (Å²) >= 11 is 0. The molecule has 6 nitrogen and oxygen atoms in total. The first-order valence-corrected chi connectivity index (χ1v) is 9.74. The molecule has 0 aromatic rings. The minimum atomic E-state index is 0.581. The Morgan fingerprint density at radius 1 is 1.08 bits per heavy atom. The quantitative estimate of drug-likeness (QED) is 0.336. The van der Waals surface area contributed by atoms with Crippen molar-refractivity contribution in [3.05, 3.63) is 0 Å². The number of rotatable bonds is 11. The van der Waals surface area contributed by atoms with E-state index in [1.807, 2.05) is 6.92 Å². The average Bonchev–Trinajstić information content (AvgIpc) is 2.60. The van der Waals surface area contributed by atoms with Crippen molar-refractivity contribution in [1.29, 1.82) is 0 Å². The van der Waals surface area contributed by atoms with E-state index >= 15 is 0 Å². The maximum atomic E-state index is 5.36. The molecule has 0 aromatic heterocycles. The monoisotopic (exact) mass is 341 g/mol. The van der Waals surface area contributed by atoms with Crippen molar-refractivity contribution in [3.63, 3.8) is 0 Å². The smallest absolute Gasteiger partial charge is 0.191 e. The van der Waals surface area contributed by atoms with Gasteiger partial charge in [-0.2, -0.15) is 0 Å². The summed E-state index contributed by atoms with van der Waals surface area (Å²) in [6.07, 6.45) is 1.01. The van der Waals surface area contributed by atoms with Gasteiger partial charge in [0.15, 0.2) is 5.96 Å². The first kappa shape index (κ1) is 21.2. The number of guanidine groups is 1. The Morgan fingerprint density at radius 3 is 2.42 bits per heavy atom. The van der Waals surface area contributed by atoms with Crippen LogP contribution in [0, 0.1) is 5.92 Å². The largest absolute Gasteiger partial charge is 0.382 e. The molecule has 6 heteroatoms. The highest BCUT2D eigenvalue weighted by Gasteiger charge is 2.17. The lowest BCUT2D eigenvalue weighted by Gasteiger charge is -2.35. The molecule has 0 aromatic carbocycles. The standard InChI is InChI=1S/C18H39N5O/c1-5-19-18(20-9-8-14-24-7-3)21-15-17(4)16-23-12-10-22(6-2)11-13-23/h17H,5-16H2,1-4H3,(H2,19,20,21). The second-order valence-electron chi connectivity index (χ2n) is 6.54. The number of hydrogen-bond donors (Lipinski definition) is 2. The number of likely N-dealkylation sites (N-methyl/N-ethyl adjacent to an activating group) is 1. The van der Waals surface area contributed by atoms with Crippen molar-refractivity contribution >= 4 is 5.96 Å². The highest BCUT2D eigenvalue weighted by atomic mass is 16.5. The number of hydrogen-bond acceptors (Lipinski definition) is 4. The minimum Gasteiger partial charge on any atom is -0.382 e. The molecule has 1 unspecified atom stereocenters. The van der Waals surface area contributed by atoms with E-state index in [2.05, 4.69) is 41.2 Å². The van der Waals surface area contributed by atoms with E-state index in [4.69, 9.17) is 9.73 Å². The van der Waals surface area contributed by atoms with E-state index in [0.29, 0.717) is 5.92 Å². The van der Waals surface area contributed by atoms with Crippen LogP contribution < -0.4 is 10.6 Å². The molecule has 1 aliphatic heterocycles. The molecule has 1 atom stereocenters. The lowest BCUT2D eigenvalue weighted by molar-refractivity contribution is 0.125. The summed E-state index contributed by atoms with van der Waals surface area (Å²) in [5.41, 5.74) is 0. The van der Waals surface area contributed by atoms with Gasteiger partial charge in [-0.05, 0) is 32.7 Å². The van der Waals surface area contributed by atoms with Gasteiger partial charge in [0.1, 0.15) is 0 Å². The highest BCUT2D eigenvalue weighted by Crippen LogP contribution is 2.06. The molecule has 0 bridgehead atoms. The number of ether oxygens (including phenoxy) is 1. The van der Waals surface area contributed by atoms with E-state index in [0.717, 1.165) is 51.8 Å². The molecule has 0 spiro atoms. The van der Waals surface area contributed by atoms with Crippen molar-refractivity contribution in [2.45, 2.75) is 34.1 Å². The Labute approximate surface area is 149 Å². The molecule has 1 aliphatic rings. The van der Waals surface area contributed by atoms with Gasteiger partial charge >= 0.3 is 0 Å². The number of nitrogens with one attached hydrogen (secondary N) is 2. The van der Waals surface area contributed by atoms with Crippen LogP contribution in [-0.2, 0) is 4.74 Å².